The molecule has 1 atom stereocenters. The van der Waals surface area contributed by atoms with Gasteiger partial charge in [0.1, 0.15) is 6.04 Å². The van der Waals surface area contributed by atoms with Gasteiger partial charge in [0.15, 0.2) is 11.5 Å². The fraction of sp³-hybridized carbons (Fsp3) is 0.350. The zero-order valence-corrected chi connectivity index (χ0v) is 15.9. The molecule has 0 aliphatic carbocycles. The summed E-state index contributed by atoms with van der Waals surface area (Å²) in [4.78, 5) is 12.6. The first kappa shape index (κ1) is 20.1. The molecule has 0 aromatic heterocycles. The number of rotatable bonds is 6. The van der Waals surface area contributed by atoms with E-state index in [-0.39, 0.29) is 24.4 Å². The highest BCUT2D eigenvalue weighted by atomic mass is 35.5. The minimum Gasteiger partial charge on any atom is -0.493 e. The molecule has 26 heavy (non-hydrogen) atoms. The Labute approximate surface area is 160 Å². The molecular formula is C20H25ClN2O3. The van der Waals surface area contributed by atoms with Crippen LogP contribution in [0, 0.1) is 0 Å². The maximum Gasteiger partial charge on any atom is 0.242 e. The Morgan fingerprint density at radius 2 is 2.04 bits per heavy atom. The molecule has 6 heteroatoms. The van der Waals surface area contributed by atoms with Crippen molar-refractivity contribution in [3.63, 3.8) is 0 Å². The van der Waals surface area contributed by atoms with E-state index in [1.807, 2.05) is 43.3 Å². The summed E-state index contributed by atoms with van der Waals surface area (Å²) in [5.74, 6) is 1.37. The first-order valence-electron chi connectivity index (χ1n) is 8.61. The Kier molecular flexibility index (Phi) is 7.30. The van der Waals surface area contributed by atoms with Gasteiger partial charge in [-0.3, -0.25) is 4.79 Å². The van der Waals surface area contributed by atoms with Crippen LogP contribution in [-0.4, -0.2) is 26.2 Å². The van der Waals surface area contributed by atoms with Crippen LogP contribution < -0.4 is 20.1 Å². The van der Waals surface area contributed by atoms with Crippen LogP contribution in [0.4, 0.5) is 0 Å². The lowest BCUT2D eigenvalue weighted by Gasteiger charge is -2.26. The first-order valence-corrected chi connectivity index (χ1v) is 8.61. The molecule has 1 amide bonds. The molecular weight excluding hydrogens is 352 g/mol. The number of nitrogens with one attached hydrogen (secondary N) is 2. The Bertz CT molecular complexity index is 752. The lowest BCUT2D eigenvalue weighted by molar-refractivity contribution is -0.123. The molecule has 1 heterocycles. The van der Waals surface area contributed by atoms with Crippen LogP contribution >= 0.6 is 12.4 Å². The third-order valence-corrected chi connectivity index (χ3v) is 4.37. The number of amides is 1. The summed E-state index contributed by atoms with van der Waals surface area (Å²) in [7, 11) is 1.61. The van der Waals surface area contributed by atoms with E-state index in [2.05, 4.69) is 16.7 Å². The highest BCUT2D eigenvalue weighted by molar-refractivity contribution is 5.85. The molecule has 0 radical (unpaired) electrons. The summed E-state index contributed by atoms with van der Waals surface area (Å²) in [6.07, 6.45) is 0.954. The van der Waals surface area contributed by atoms with E-state index in [0.717, 1.165) is 24.1 Å². The molecule has 0 saturated carbocycles. The Morgan fingerprint density at radius 3 is 2.81 bits per heavy atom. The van der Waals surface area contributed by atoms with Gasteiger partial charge in [-0.05, 0) is 42.2 Å². The maximum atomic E-state index is 12.6. The smallest absolute Gasteiger partial charge is 0.242 e. The number of carbonyl (C=O) groups excluding carboxylic acids is 1. The van der Waals surface area contributed by atoms with Gasteiger partial charge in [0, 0.05) is 13.1 Å². The number of carbonyl (C=O) groups is 1. The summed E-state index contributed by atoms with van der Waals surface area (Å²) < 4.78 is 10.9. The van der Waals surface area contributed by atoms with Crippen molar-refractivity contribution >= 4 is 18.3 Å². The molecule has 0 fully saturated rings. The van der Waals surface area contributed by atoms with Gasteiger partial charge in [-0.2, -0.15) is 0 Å². The van der Waals surface area contributed by atoms with E-state index in [4.69, 9.17) is 9.47 Å². The molecule has 2 aromatic carbocycles. The predicted octanol–water partition coefficient (Wildman–Crippen LogP) is 3.02. The number of ether oxygens (including phenoxy) is 2. The highest BCUT2D eigenvalue weighted by Crippen LogP contribution is 2.28. The molecule has 2 N–H and O–H groups in total. The number of halogens is 1. The summed E-state index contributed by atoms with van der Waals surface area (Å²) in [6, 6.07) is 13.5. The quantitative estimate of drug-likeness (QED) is 0.813. The largest absolute Gasteiger partial charge is 0.493 e. The van der Waals surface area contributed by atoms with Crippen LogP contribution in [0.3, 0.4) is 0 Å². The Morgan fingerprint density at radius 1 is 1.23 bits per heavy atom. The standard InChI is InChI=1S/C20H24N2O3.ClH/c1-3-25-17-9-8-14(12-18(17)24-2)13-22-20(23)19-16-7-5-4-6-15(16)10-11-21-19;/h4-9,12,19,21H,3,10-11,13H2,1-2H3,(H,22,23);1H. The molecule has 3 rings (SSSR count). The van der Waals surface area contributed by atoms with Gasteiger partial charge in [-0.15, -0.1) is 12.4 Å². The van der Waals surface area contributed by atoms with Gasteiger partial charge < -0.3 is 20.1 Å². The highest BCUT2D eigenvalue weighted by Gasteiger charge is 2.25. The predicted molar refractivity (Wildman–Crippen MR) is 104 cm³/mol. The van der Waals surface area contributed by atoms with Crippen molar-refractivity contribution in [2.75, 3.05) is 20.3 Å². The van der Waals surface area contributed by atoms with Crippen LogP contribution in [-0.2, 0) is 17.8 Å². The molecule has 1 aliphatic rings. The fourth-order valence-corrected chi connectivity index (χ4v) is 3.13. The number of methoxy groups -OCH3 is 1. The third kappa shape index (κ3) is 4.48. The average molecular weight is 377 g/mol. The summed E-state index contributed by atoms with van der Waals surface area (Å²) in [5.41, 5.74) is 3.28. The Balaban J connectivity index is 0.00000243. The van der Waals surface area contributed by atoms with Crippen molar-refractivity contribution in [1.29, 1.82) is 0 Å². The van der Waals surface area contributed by atoms with E-state index >= 15 is 0 Å². The van der Waals surface area contributed by atoms with Crippen LogP contribution in [0.25, 0.3) is 0 Å². The summed E-state index contributed by atoms with van der Waals surface area (Å²) >= 11 is 0. The average Bonchev–Trinajstić information content (AvgIpc) is 2.66. The third-order valence-electron chi connectivity index (χ3n) is 4.37. The van der Waals surface area contributed by atoms with Crippen molar-refractivity contribution in [3.8, 4) is 11.5 Å². The van der Waals surface area contributed by atoms with Crippen molar-refractivity contribution in [3.05, 3.63) is 59.2 Å². The number of benzene rings is 2. The topological polar surface area (TPSA) is 59.6 Å². The van der Waals surface area contributed by atoms with Gasteiger partial charge in [-0.25, -0.2) is 0 Å². The van der Waals surface area contributed by atoms with Crippen LogP contribution in [0.5, 0.6) is 11.5 Å². The lowest BCUT2D eigenvalue weighted by atomic mass is 9.94. The number of hydrogen-bond donors (Lipinski definition) is 2. The van der Waals surface area contributed by atoms with Gasteiger partial charge in [-0.1, -0.05) is 30.3 Å². The van der Waals surface area contributed by atoms with E-state index in [0.29, 0.717) is 24.7 Å². The molecule has 0 bridgehead atoms. The van der Waals surface area contributed by atoms with E-state index in [1.165, 1.54) is 5.56 Å². The molecule has 140 valence electrons. The second-order valence-corrected chi connectivity index (χ2v) is 5.97. The molecule has 0 saturated heterocycles. The number of hydrogen-bond acceptors (Lipinski definition) is 4. The molecule has 0 spiro atoms. The van der Waals surface area contributed by atoms with E-state index in [9.17, 15) is 4.79 Å². The van der Waals surface area contributed by atoms with Crippen molar-refractivity contribution in [1.82, 2.24) is 10.6 Å². The van der Waals surface area contributed by atoms with Crippen LogP contribution in [0.1, 0.15) is 29.7 Å². The van der Waals surface area contributed by atoms with Crippen molar-refractivity contribution in [2.24, 2.45) is 0 Å². The first-order chi connectivity index (χ1) is 12.2. The van der Waals surface area contributed by atoms with E-state index < -0.39 is 0 Å². The maximum absolute atomic E-state index is 12.6. The van der Waals surface area contributed by atoms with Crippen molar-refractivity contribution < 1.29 is 14.3 Å². The second kappa shape index (κ2) is 9.46. The van der Waals surface area contributed by atoms with Gasteiger partial charge >= 0.3 is 0 Å². The minimum atomic E-state index is -0.297. The number of fused-ring (bicyclic) bond motifs is 1. The normalized spacial score (nSPS) is 15.4. The second-order valence-electron chi connectivity index (χ2n) is 5.97. The molecule has 2 aromatic rings. The SMILES string of the molecule is CCOc1ccc(CNC(=O)C2NCCc3ccccc32)cc1OC.Cl. The lowest BCUT2D eigenvalue weighted by Crippen LogP contribution is -2.41. The monoisotopic (exact) mass is 376 g/mol. The molecule has 1 aliphatic heterocycles. The van der Waals surface area contributed by atoms with Crippen molar-refractivity contribution in [2.45, 2.75) is 25.9 Å². The molecule has 1 unspecified atom stereocenters. The summed E-state index contributed by atoms with van der Waals surface area (Å²) in [6.45, 7) is 3.77. The van der Waals surface area contributed by atoms with Crippen LogP contribution in [0.15, 0.2) is 42.5 Å². The van der Waals surface area contributed by atoms with Gasteiger partial charge in [0.25, 0.3) is 0 Å². The molecule has 5 nitrogen and oxygen atoms in total. The fourth-order valence-electron chi connectivity index (χ4n) is 3.13. The Hall–Kier alpha value is -2.24. The van der Waals surface area contributed by atoms with Gasteiger partial charge in [0.2, 0.25) is 5.91 Å². The summed E-state index contributed by atoms with van der Waals surface area (Å²) in [5, 5.41) is 6.32. The van der Waals surface area contributed by atoms with E-state index in [1.54, 1.807) is 7.11 Å². The van der Waals surface area contributed by atoms with Gasteiger partial charge in [0.05, 0.1) is 13.7 Å². The zero-order valence-electron chi connectivity index (χ0n) is 15.1. The van der Waals surface area contributed by atoms with Crippen LogP contribution in [0.2, 0.25) is 0 Å². The minimum absolute atomic E-state index is 0. The zero-order chi connectivity index (χ0) is 17.6.